The molecule has 6 aromatic carbocycles. The van der Waals surface area contributed by atoms with E-state index in [9.17, 15) is 35.7 Å². The van der Waals surface area contributed by atoms with Crippen LogP contribution in [-0.2, 0) is 37.0 Å². The van der Waals surface area contributed by atoms with Gasteiger partial charge >= 0.3 is 5.97 Å². The van der Waals surface area contributed by atoms with Gasteiger partial charge in [-0.1, -0.05) is 60.0 Å². The van der Waals surface area contributed by atoms with Gasteiger partial charge in [0, 0.05) is 124 Å². The Morgan fingerprint density at radius 1 is 0.886 bits per heavy atom. The summed E-state index contributed by atoms with van der Waals surface area (Å²) in [4.78, 5) is 57.1. The summed E-state index contributed by atoms with van der Waals surface area (Å²) < 4.78 is 13.2. The smallest absolute Gasteiger partial charge is 0.336 e. The van der Waals surface area contributed by atoms with E-state index < -0.39 is 18.0 Å². The number of benzene rings is 6. The molecule has 18 heteroatoms. The number of unbranched alkanes of at least 4 members (excludes halogenated alkanes) is 1. The number of ether oxygens (including phenoxy) is 2. The predicted molar refractivity (Wildman–Crippen MR) is 304 cm³/mol. The first-order valence-corrected chi connectivity index (χ1v) is 27.6. The van der Waals surface area contributed by atoms with E-state index in [2.05, 4.69) is 54.6 Å². The summed E-state index contributed by atoms with van der Waals surface area (Å²) in [7, 11) is 0. The highest BCUT2D eigenvalue weighted by molar-refractivity contribution is 6.03. The molecule has 4 N–H and O–H groups in total. The molecule has 18 nitrogen and oxygen atoms in total. The Hall–Kier alpha value is -8.40. The lowest BCUT2D eigenvalue weighted by atomic mass is 9.82. The molecule has 79 heavy (non-hydrogen) atoms. The predicted octanol–water partition coefficient (Wildman–Crippen LogP) is 10.3. The first-order valence-electron chi connectivity index (χ1n) is 27.6. The number of amides is 2. The van der Waals surface area contributed by atoms with Gasteiger partial charge in [0.15, 0.2) is 0 Å². The maximum atomic E-state index is 14.5. The molecule has 4 aliphatic heterocycles. The summed E-state index contributed by atoms with van der Waals surface area (Å²) in [5, 5.41) is 39.3. The number of aryl methyl sites for hydroxylation is 2. The number of anilines is 1. The zero-order valence-electron chi connectivity index (χ0n) is 44.8. The van der Waals surface area contributed by atoms with Gasteiger partial charge in [0.1, 0.15) is 30.0 Å². The standard InChI is InChI=1S/C61H65N11O7/c1-3-4-12-40-31-49-55(50-32-41-14-7-8-26-71-27-11-18-47(57(41)71)59(50)79-58(49)46-17-10-23-65-56(40)46)48-33-42(20-21-45(48)61(76)77)60(75)66-25-28-72(35-38-29-51(67-69-62)37(2)52(30-38)68-70-63)54(74)22-24-64-34-43(73)36-78-53-19-9-15-39-13-5-6-16-44(39)53/h5-6,9,13,15-16,19-21,29-33,43,64,73H,3-4,7-8,10-12,14,17-18,22-28,34-36H2,1-2H3,(H,66,75)(H,76,77). The minimum Gasteiger partial charge on any atom is -0.490 e. The summed E-state index contributed by atoms with van der Waals surface area (Å²) in [6.45, 7) is 6.98. The van der Waals surface area contributed by atoms with Crippen molar-refractivity contribution in [2.24, 2.45) is 15.2 Å². The molecular weight excluding hydrogens is 999 g/mol. The molecule has 10 rings (SSSR count). The van der Waals surface area contributed by atoms with Crippen LogP contribution in [0.4, 0.5) is 17.1 Å². The highest BCUT2D eigenvalue weighted by Gasteiger charge is 2.35. The maximum Gasteiger partial charge on any atom is 0.336 e. The van der Waals surface area contributed by atoms with E-state index in [1.807, 2.05) is 42.5 Å². The third kappa shape index (κ3) is 11.6. The molecule has 1 unspecified atom stereocenters. The number of carbonyl (C=O) groups excluding carboxylic acids is 2. The van der Waals surface area contributed by atoms with Gasteiger partial charge in [-0.15, -0.1) is 0 Å². The van der Waals surface area contributed by atoms with Crippen molar-refractivity contribution in [1.82, 2.24) is 15.5 Å². The molecule has 0 aromatic heterocycles. The number of rotatable bonds is 21. The van der Waals surface area contributed by atoms with Crippen LogP contribution >= 0.6 is 0 Å². The summed E-state index contributed by atoms with van der Waals surface area (Å²) >= 11 is 0. The van der Waals surface area contributed by atoms with Crippen molar-refractivity contribution in [3.05, 3.63) is 172 Å². The number of fused-ring (bicyclic) bond motifs is 6. The molecule has 0 radical (unpaired) electrons. The van der Waals surface area contributed by atoms with Crippen molar-refractivity contribution in [3.63, 3.8) is 0 Å². The van der Waals surface area contributed by atoms with E-state index in [1.165, 1.54) is 23.4 Å². The van der Waals surface area contributed by atoms with Gasteiger partial charge in [0.25, 0.3) is 5.91 Å². The molecule has 0 bridgehead atoms. The third-order valence-electron chi connectivity index (χ3n) is 15.5. The van der Waals surface area contributed by atoms with Crippen molar-refractivity contribution in [2.75, 3.05) is 57.3 Å². The number of aliphatic hydroxyl groups excluding tert-OH is 1. The molecule has 0 saturated heterocycles. The summed E-state index contributed by atoms with van der Waals surface area (Å²) in [6.07, 6.45) is 8.37. The molecule has 6 aromatic rings. The van der Waals surface area contributed by atoms with Crippen molar-refractivity contribution >= 4 is 51.2 Å². The normalized spacial score (nSPS) is 14.4. The van der Waals surface area contributed by atoms with Crippen molar-refractivity contribution < 1.29 is 34.1 Å². The largest absolute Gasteiger partial charge is 0.490 e. The monoisotopic (exact) mass is 1060 g/mol. The number of carbonyl (C=O) groups is 3. The van der Waals surface area contributed by atoms with E-state index in [-0.39, 0.29) is 74.2 Å². The lowest BCUT2D eigenvalue weighted by Crippen LogP contribution is -2.40. The number of nitrogens with one attached hydrogen (secondary N) is 2. The fraction of sp³-hybridized carbons (Fsp3) is 0.377. The van der Waals surface area contributed by atoms with Crippen molar-refractivity contribution in [3.8, 4) is 17.2 Å². The molecular formula is C61H65N11O7. The average molecular weight is 1060 g/mol. The summed E-state index contributed by atoms with van der Waals surface area (Å²) in [6, 6.07) is 25.9. The maximum absolute atomic E-state index is 14.5. The fourth-order valence-corrected chi connectivity index (χ4v) is 11.7. The van der Waals surface area contributed by atoms with Crippen LogP contribution in [0.3, 0.4) is 0 Å². The van der Waals surface area contributed by atoms with Gasteiger partial charge in [-0.2, -0.15) is 0 Å². The highest BCUT2D eigenvalue weighted by atomic mass is 16.5. The molecule has 0 saturated carbocycles. The second kappa shape index (κ2) is 24.5. The average Bonchev–Trinajstić information content (AvgIpc) is 3.72. The Kier molecular flexibility index (Phi) is 16.7. The minimum atomic E-state index is -1.12. The van der Waals surface area contributed by atoms with Gasteiger partial charge in [-0.05, 0) is 158 Å². The quantitative estimate of drug-likeness (QED) is 0.0231. The second-order valence-electron chi connectivity index (χ2n) is 20.8. The Bertz CT molecular complexity index is 3560. The Morgan fingerprint density at radius 2 is 1.67 bits per heavy atom. The van der Waals surface area contributed by atoms with Gasteiger partial charge in [-0.3, -0.25) is 14.6 Å². The number of aliphatic hydroxyl groups is 1. The molecule has 0 spiro atoms. The number of hydrogen-bond donors (Lipinski definition) is 4. The van der Waals surface area contributed by atoms with Crippen molar-refractivity contribution in [1.29, 1.82) is 0 Å². The van der Waals surface area contributed by atoms with E-state index in [1.54, 1.807) is 30.0 Å². The SMILES string of the molecule is CCCCc1cc2c(c3c1=NCCC3)Oc1c(cc3c4c1CCCN4CCCC3)C=2c1cc(C(=O)NCCN(Cc2cc(N=[N+]=[N-])c(C)c(N=[N+]=[N-])c2)C(=O)CCNCC(O)COc2cccc3ccccc23)ccc1C(=O)O. The molecule has 4 heterocycles. The fourth-order valence-electron chi connectivity index (χ4n) is 11.7. The van der Waals surface area contributed by atoms with Gasteiger partial charge in [0.05, 0.1) is 10.9 Å². The van der Waals surface area contributed by atoms with Crippen LogP contribution in [0.5, 0.6) is 17.2 Å². The van der Waals surface area contributed by atoms with E-state index >= 15 is 0 Å². The second-order valence-corrected chi connectivity index (χ2v) is 20.8. The molecule has 1 atom stereocenters. The first kappa shape index (κ1) is 54.0. The number of aromatic carboxylic acids is 1. The van der Waals surface area contributed by atoms with Crippen LogP contribution in [0.25, 0.3) is 37.2 Å². The highest BCUT2D eigenvalue weighted by Crippen LogP contribution is 2.49. The van der Waals surface area contributed by atoms with Gasteiger partial charge in [0.2, 0.25) is 5.91 Å². The molecule has 406 valence electrons. The Labute approximate surface area is 458 Å². The van der Waals surface area contributed by atoms with Gasteiger partial charge in [-0.25, -0.2) is 4.79 Å². The molecule has 0 aliphatic carbocycles. The van der Waals surface area contributed by atoms with Crippen LogP contribution in [-0.4, -0.2) is 91.4 Å². The van der Waals surface area contributed by atoms with Crippen LogP contribution in [0.1, 0.15) is 117 Å². The number of carboxylic acid groups (broad SMARTS) is 1. The lowest BCUT2D eigenvalue weighted by molar-refractivity contribution is -0.131. The minimum absolute atomic E-state index is 0.00894. The summed E-state index contributed by atoms with van der Waals surface area (Å²) in [5.41, 5.74) is 28.2. The molecule has 4 aliphatic rings. The van der Waals surface area contributed by atoms with Crippen LogP contribution < -0.4 is 35.6 Å². The van der Waals surface area contributed by atoms with E-state index in [0.717, 1.165) is 139 Å². The topological polar surface area (TPSA) is 251 Å². The molecule has 2 amide bonds. The number of nitrogens with zero attached hydrogens (tertiary/aromatic N) is 9. The van der Waals surface area contributed by atoms with E-state index in [0.29, 0.717) is 28.2 Å². The van der Waals surface area contributed by atoms with Gasteiger partial charge < -0.3 is 40.1 Å². The van der Waals surface area contributed by atoms with Crippen LogP contribution in [0.15, 0.2) is 100 Å². The Balaban J connectivity index is 0.937. The zero-order valence-corrected chi connectivity index (χ0v) is 44.8. The number of hydrogen-bond acceptors (Lipinski definition) is 11. The number of azide groups is 2. The first-order chi connectivity index (χ1) is 38.5. The Morgan fingerprint density at radius 3 is 2.47 bits per heavy atom. The zero-order chi connectivity index (χ0) is 55.0. The van der Waals surface area contributed by atoms with Crippen LogP contribution in [0, 0.1) is 6.92 Å². The number of carboxylic acids is 1. The van der Waals surface area contributed by atoms with E-state index in [4.69, 9.17) is 14.5 Å². The van der Waals surface area contributed by atoms with Crippen LogP contribution in [0.2, 0.25) is 0 Å². The van der Waals surface area contributed by atoms with Crippen molar-refractivity contribution in [2.45, 2.75) is 97.1 Å². The lowest BCUT2D eigenvalue weighted by Gasteiger charge is -2.36. The summed E-state index contributed by atoms with van der Waals surface area (Å²) in [5.74, 6) is 0.249. The molecule has 0 fully saturated rings. The third-order valence-corrected chi connectivity index (χ3v) is 15.5.